The lowest BCUT2D eigenvalue weighted by Crippen LogP contribution is -2.11. The summed E-state index contributed by atoms with van der Waals surface area (Å²) in [6, 6.07) is 0. The fraction of sp³-hybridized carbons (Fsp3) is 0.857. The molecule has 2 atom stereocenters. The Kier molecular flexibility index (Phi) is 1.09. The van der Waals surface area contributed by atoms with Crippen molar-refractivity contribution in [2.75, 3.05) is 13.1 Å². The average molecular weight is 125 g/mol. The standard InChI is InChI=1S/C7H11NO/c9-7-1-5-3-8-4-6(5)2-7/h5-6,8H,1-4H2/t5-,6?/m1/s1. The molecular weight excluding hydrogens is 114 g/mol. The molecule has 0 amide bonds. The number of ketones is 1. The Morgan fingerprint density at radius 1 is 1.22 bits per heavy atom. The minimum absolute atomic E-state index is 0.478. The predicted molar refractivity (Wildman–Crippen MR) is 34.1 cm³/mol. The Morgan fingerprint density at radius 3 is 2.33 bits per heavy atom. The van der Waals surface area contributed by atoms with Crippen molar-refractivity contribution in [3.63, 3.8) is 0 Å². The van der Waals surface area contributed by atoms with Crippen molar-refractivity contribution >= 4 is 5.78 Å². The van der Waals surface area contributed by atoms with Crippen LogP contribution >= 0.6 is 0 Å². The minimum Gasteiger partial charge on any atom is -0.316 e. The third-order valence-electron chi connectivity index (χ3n) is 2.46. The van der Waals surface area contributed by atoms with Gasteiger partial charge in [0.25, 0.3) is 0 Å². The number of rotatable bonds is 0. The number of nitrogens with one attached hydrogen (secondary N) is 1. The zero-order valence-corrected chi connectivity index (χ0v) is 5.39. The summed E-state index contributed by atoms with van der Waals surface area (Å²) in [5, 5.41) is 3.29. The quantitative estimate of drug-likeness (QED) is 0.500. The van der Waals surface area contributed by atoms with Gasteiger partial charge in [-0.25, -0.2) is 0 Å². The lowest BCUT2D eigenvalue weighted by atomic mass is 10.0. The molecule has 0 radical (unpaired) electrons. The number of Topliss-reactive ketones (excluding diaryl/α,β-unsaturated/α-hetero) is 1. The van der Waals surface area contributed by atoms with E-state index < -0.39 is 0 Å². The minimum atomic E-state index is 0.478. The van der Waals surface area contributed by atoms with Crippen LogP contribution < -0.4 is 5.32 Å². The van der Waals surface area contributed by atoms with E-state index in [2.05, 4.69) is 5.32 Å². The molecule has 1 N–H and O–H groups in total. The average Bonchev–Trinajstić information content (AvgIpc) is 2.22. The van der Waals surface area contributed by atoms with Gasteiger partial charge in [0.15, 0.2) is 0 Å². The summed E-state index contributed by atoms with van der Waals surface area (Å²) >= 11 is 0. The molecule has 0 bridgehead atoms. The summed E-state index contributed by atoms with van der Waals surface area (Å²) in [5.74, 6) is 1.86. The van der Waals surface area contributed by atoms with Crippen molar-refractivity contribution in [1.29, 1.82) is 0 Å². The molecular formula is C7H11NO. The van der Waals surface area contributed by atoms with Crippen molar-refractivity contribution in [2.45, 2.75) is 12.8 Å². The first-order chi connectivity index (χ1) is 4.36. The Hall–Kier alpha value is -0.370. The third-order valence-corrected chi connectivity index (χ3v) is 2.46. The van der Waals surface area contributed by atoms with Gasteiger partial charge in [-0.1, -0.05) is 0 Å². The van der Waals surface area contributed by atoms with Gasteiger partial charge in [0.05, 0.1) is 0 Å². The molecule has 0 aromatic heterocycles. The van der Waals surface area contributed by atoms with E-state index in [1.165, 1.54) is 0 Å². The molecule has 1 unspecified atom stereocenters. The molecule has 2 nitrogen and oxygen atoms in total. The highest BCUT2D eigenvalue weighted by atomic mass is 16.1. The second kappa shape index (κ2) is 1.81. The van der Waals surface area contributed by atoms with E-state index in [0.29, 0.717) is 17.6 Å². The molecule has 0 aromatic carbocycles. The Balaban J connectivity index is 2.09. The molecule has 50 valence electrons. The van der Waals surface area contributed by atoms with Gasteiger partial charge in [-0.2, -0.15) is 0 Å². The highest BCUT2D eigenvalue weighted by Gasteiger charge is 2.35. The van der Waals surface area contributed by atoms with Crippen LogP contribution in [0.25, 0.3) is 0 Å². The second-order valence-electron chi connectivity index (χ2n) is 3.13. The normalized spacial score (nSPS) is 41.6. The molecule has 1 saturated carbocycles. The fourth-order valence-electron chi connectivity index (χ4n) is 1.93. The predicted octanol–water partition coefficient (Wildman–Crippen LogP) is 0.185. The van der Waals surface area contributed by atoms with Gasteiger partial charge in [0.1, 0.15) is 5.78 Å². The molecule has 2 rings (SSSR count). The first-order valence-corrected chi connectivity index (χ1v) is 3.58. The molecule has 0 aromatic rings. The SMILES string of the molecule is O=C1CC2CNC[C@H]2C1. The number of carbonyl (C=O) groups is 1. The topological polar surface area (TPSA) is 29.1 Å². The lowest BCUT2D eigenvalue weighted by Gasteiger charge is -2.01. The Labute approximate surface area is 54.6 Å². The Morgan fingerprint density at radius 2 is 1.78 bits per heavy atom. The van der Waals surface area contributed by atoms with Crippen LogP contribution in [0, 0.1) is 11.8 Å². The maximum Gasteiger partial charge on any atom is 0.133 e. The smallest absolute Gasteiger partial charge is 0.133 e. The van der Waals surface area contributed by atoms with Crippen LogP contribution in [0.3, 0.4) is 0 Å². The highest BCUT2D eigenvalue weighted by molar-refractivity contribution is 5.81. The molecule has 1 saturated heterocycles. The summed E-state index contributed by atoms with van der Waals surface area (Å²) < 4.78 is 0. The van der Waals surface area contributed by atoms with E-state index in [1.54, 1.807) is 0 Å². The van der Waals surface area contributed by atoms with E-state index >= 15 is 0 Å². The van der Waals surface area contributed by atoms with Crippen molar-refractivity contribution in [3.8, 4) is 0 Å². The number of carbonyl (C=O) groups excluding carboxylic acids is 1. The maximum absolute atomic E-state index is 10.8. The van der Waals surface area contributed by atoms with Gasteiger partial charge in [0, 0.05) is 12.8 Å². The summed E-state index contributed by atoms with van der Waals surface area (Å²) in [6.45, 7) is 2.16. The summed E-state index contributed by atoms with van der Waals surface area (Å²) in [6.07, 6.45) is 1.69. The van der Waals surface area contributed by atoms with Crippen molar-refractivity contribution in [2.24, 2.45) is 11.8 Å². The van der Waals surface area contributed by atoms with Crippen molar-refractivity contribution in [1.82, 2.24) is 5.32 Å². The van der Waals surface area contributed by atoms with E-state index in [4.69, 9.17) is 0 Å². The summed E-state index contributed by atoms with van der Waals surface area (Å²) in [5.41, 5.74) is 0. The molecule has 1 heterocycles. The molecule has 9 heavy (non-hydrogen) atoms. The second-order valence-corrected chi connectivity index (χ2v) is 3.13. The molecule has 2 fully saturated rings. The van der Waals surface area contributed by atoms with Crippen LogP contribution in [-0.4, -0.2) is 18.9 Å². The van der Waals surface area contributed by atoms with Crippen LogP contribution in [0.1, 0.15) is 12.8 Å². The van der Waals surface area contributed by atoms with Crippen LogP contribution in [0.4, 0.5) is 0 Å². The van der Waals surface area contributed by atoms with Gasteiger partial charge >= 0.3 is 0 Å². The Bertz CT molecular complexity index is 130. The first-order valence-electron chi connectivity index (χ1n) is 3.58. The largest absolute Gasteiger partial charge is 0.316 e. The number of hydrogen-bond acceptors (Lipinski definition) is 2. The molecule has 2 heteroatoms. The van der Waals surface area contributed by atoms with Crippen LogP contribution in [0.2, 0.25) is 0 Å². The van der Waals surface area contributed by atoms with Gasteiger partial charge in [-0.15, -0.1) is 0 Å². The van der Waals surface area contributed by atoms with Crippen LogP contribution in [0.5, 0.6) is 0 Å². The van der Waals surface area contributed by atoms with Gasteiger partial charge in [0.2, 0.25) is 0 Å². The van der Waals surface area contributed by atoms with E-state index in [9.17, 15) is 4.79 Å². The van der Waals surface area contributed by atoms with Crippen LogP contribution in [-0.2, 0) is 4.79 Å². The first kappa shape index (κ1) is 5.42. The van der Waals surface area contributed by atoms with Gasteiger partial charge in [-0.05, 0) is 24.9 Å². The molecule has 0 spiro atoms. The lowest BCUT2D eigenvalue weighted by molar-refractivity contribution is -0.117. The summed E-state index contributed by atoms with van der Waals surface area (Å²) in [7, 11) is 0. The molecule has 1 aliphatic heterocycles. The van der Waals surface area contributed by atoms with Gasteiger partial charge in [-0.3, -0.25) is 4.79 Å². The monoisotopic (exact) mass is 125 g/mol. The van der Waals surface area contributed by atoms with Crippen molar-refractivity contribution in [3.05, 3.63) is 0 Å². The summed E-state index contributed by atoms with van der Waals surface area (Å²) in [4.78, 5) is 10.8. The zero-order chi connectivity index (χ0) is 6.27. The van der Waals surface area contributed by atoms with E-state index in [1.807, 2.05) is 0 Å². The highest BCUT2D eigenvalue weighted by Crippen LogP contribution is 2.31. The fourth-order valence-corrected chi connectivity index (χ4v) is 1.93. The number of fused-ring (bicyclic) bond motifs is 1. The van der Waals surface area contributed by atoms with Crippen molar-refractivity contribution < 1.29 is 4.79 Å². The van der Waals surface area contributed by atoms with Gasteiger partial charge < -0.3 is 5.32 Å². The zero-order valence-electron chi connectivity index (χ0n) is 5.39. The maximum atomic E-state index is 10.8. The third kappa shape index (κ3) is 0.778. The molecule has 1 aliphatic carbocycles. The molecule has 2 aliphatic rings. The number of hydrogen-bond donors (Lipinski definition) is 1. The van der Waals surface area contributed by atoms with E-state index in [-0.39, 0.29) is 0 Å². The van der Waals surface area contributed by atoms with Crippen LogP contribution in [0.15, 0.2) is 0 Å². The van der Waals surface area contributed by atoms with E-state index in [0.717, 1.165) is 25.9 Å².